The molecule has 0 heterocycles. The van der Waals surface area contributed by atoms with Crippen LogP contribution in [0.4, 0.5) is 0 Å². The second-order valence-corrected chi connectivity index (χ2v) is 4.90. The van der Waals surface area contributed by atoms with Crippen LogP contribution >= 0.6 is 0 Å². The number of para-hydroxylation sites is 1. The van der Waals surface area contributed by atoms with Crippen molar-refractivity contribution in [1.82, 2.24) is 0 Å². The Hall–Kier alpha value is -2.82. The van der Waals surface area contributed by atoms with E-state index in [1.54, 1.807) is 0 Å². The van der Waals surface area contributed by atoms with Gasteiger partial charge in [-0.25, -0.2) is 0 Å². The van der Waals surface area contributed by atoms with E-state index in [1.165, 1.54) is 14.2 Å². The average Bonchev–Trinajstić information content (AvgIpc) is 2.57. The van der Waals surface area contributed by atoms with E-state index in [4.69, 9.17) is 9.57 Å². The maximum absolute atomic E-state index is 11.3. The van der Waals surface area contributed by atoms with Crippen molar-refractivity contribution in [2.75, 3.05) is 14.2 Å². The van der Waals surface area contributed by atoms with Crippen molar-refractivity contribution in [3.8, 4) is 5.75 Å². The number of oxime groups is 1. The van der Waals surface area contributed by atoms with Gasteiger partial charge < -0.3 is 14.3 Å². The van der Waals surface area contributed by atoms with E-state index in [0.29, 0.717) is 11.6 Å². The molecular weight excluding hydrogens is 294 g/mol. The molecule has 0 aromatic heterocycles. The van der Waals surface area contributed by atoms with Gasteiger partial charge >= 0.3 is 5.97 Å². The minimum Gasteiger partial charge on any atom is -0.469 e. The van der Waals surface area contributed by atoms with Crippen LogP contribution in [-0.2, 0) is 20.8 Å². The third-order valence-corrected chi connectivity index (χ3v) is 3.25. The van der Waals surface area contributed by atoms with Crippen LogP contribution in [0.2, 0.25) is 0 Å². The molecule has 2 aromatic rings. The molecule has 0 fully saturated rings. The summed E-state index contributed by atoms with van der Waals surface area (Å²) in [5.74, 6) is 0.785. The largest absolute Gasteiger partial charge is 0.469 e. The van der Waals surface area contributed by atoms with Gasteiger partial charge in [-0.3, -0.25) is 4.79 Å². The molecule has 120 valence electrons. The zero-order valence-electron chi connectivity index (χ0n) is 13.4. The number of benzene rings is 2. The topological polar surface area (TPSA) is 57.1 Å². The van der Waals surface area contributed by atoms with Crippen molar-refractivity contribution in [3.05, 3.63) is 65.2 Å². The predicted octanol–water partition coefficient (Wildman–Crippen LogP) is 3.10. The normalized spacial score (nSPS) is 11.0. The third kappa shape index (κ3) is 4.57. The number of esters is 1. The molecule has 5 heteroatoms. The van der Waals surface area contributed by atoms with Gasteiger partial charge in [0.25, 0.3) is 5.90 Å². The number of methoxy groups -OCH3 is 1. The Balaban J connectivity index is 2.20. The summed E-state index contributed by atoms with van der Waals surface area (Å²) in [6.07, 6.45) is 0.228. The molecular formula is C18H19NO4. The molecule has 0 amide bonds. The molecule has 23 heavy (non-hydrogen) atoms. The van der Waals surface area contributed by atoms with Gasteiger partial charge in [0.15, 0.2) is 0 Å². The molecule has 0 aliphatic heterocycles. The third-order valence-electron chi connectivity index (χ3n) is 3.25. The molecule has 0 unspecified atom stereocenters. The lowest BCUT2D eigenvalue weighted by Crippen LogP contribution is -2.12. The molecule has 2 aromatic carbocycles. The van der Waals surface area contributed by atoms with Crippen LogP contribution in [0, 0.1) is 6.92 Å². The first-order valence-corrected chi connectivity index (χ1v) is 7.14. The molecule has 2 rings (SSSR count). The monoisotopic (exact) mass is 313 g/mol. The van der Waals surface area contributed by atoms with Crippen molar-refractivity contribution in [1.29, 1.82) is 0 Å². The highest BCUT2D eigenvalue weighted by Gasteiger charge is 2.10. The van der Waals surface area contributed by atoms with Gasteiger partial charge in [-0.05, 0) is 41.4 Å². The lowest BCUT2D eigenvalue weighted by molar-refractivity contribution is -0.139. The predicted molar refractivity (Wildman–Crippen MR) is 87.5 cm³/mol. The van der Waals surface area contributed by atoms with Crippen LogP contribution in [0.3, 0.4) is 0 Å². The molecule has 0 aliphatic rings. The summed E-state index contributed by atoms with van der Waals surface area (Å²) >= 11 is 0. The SMILES string of the molecule is CO/N=C(/Oc1ccccc1C)c1ccc(CC(=O)OC)cc1. The van der Waals surface area contributed by atoms with E-state index < -0.39 is 0 Å². The van der Waals surface area contributed by atoms with E-state index in [9.17, 15) is 4.79 Å². The Morgan fingerprint density at radius 2 is 1.74 bits per heavy atom. The van der Waals surface area contributed by atoms with Gasteiger partial charge in [-0.2, -0.15) is 0 Å². The van der Waals surface area contributed by atoms with Gasteiger partial charge in [0, 0.05) is 5.56 Å². The Morgan fingerprint density at radius 3 is 2.35 bits per heavy atom. The van der Waals surface area contributed by atoms with Crippen LogP contribution in [0.1, 0.15) is 16.7 Å². The van der Waals surface area contributed by atoms with Gasteiger partial charge in [-0.15, -0.1) is 0 Å². The lowest BCUT2D eigenvalue weighted by Gasteiger charge is -2.11. The first-order chi connectivity index (χ1) is 11.1. The van der Waals surface area contributed by atoms with Gasteiger partial charge in [-0.1, -0.05) is 30.3 Å². The molecule has 0 bridgehead atoms. The molecule has 0 aliphatic carbocycles. The number of nitrogens with zero attached hydrogens (tertiary/aromatic N) is 1. The van der Waals surface area contributed by atoms with E-state index in [0.717, 1.165) is 16.7 Å². The zero-order chi connectivity index (χ0) is 16.7. The van der Waals surface area contributed by atoms with Gasteiger partial charge in [0.1, 0.15) is 12.9 Å². The Morgan fingerprint density at radius 1 is 1.04 bits per heavy atom. The van der Waals surface area contributed by atoms with Crippen LogP contribution in [0.5, 0.6) is 5.75 Å². The second kappa shape index (κ2) is 7.98. The summed E-state index contributed by atoms with van der Waals surface area (Å²) in [6.45, 7) is 1.96. The number of hydrogen-bond donors (Lipinski definition) is 0. The van der Waals surface area contributed by atoms with Gasteiger partial charge in [0.2, 0.25) is 0 Å². The minimum absolute atomic E-state index is 0.228. The molecule has 0 N–H and O–H groups in total. The fourth-order valence-electron chi connectivity index (χ4n) is 1.99. The maximum atomic E-state index is 11.3. The molecule has 0 saturated heterocycles. The van der Waals surface area contributed by atoms with Gasteiger partial charge in [0.05, 0.1) is 13.5 Å². The minimum atomic E-state index is -0.278. The van der Waals surface area contributed by atoms with E-state index in [2.05, 4.69) is 9.89 Å². The average molecular weight is 313 g/mol. The molecule has 5 nitrogen and oxygen atoms in total. The standard InChI is InChI=1S/C18H19NO4/c1-13-6-4-5-7-16(13)23-18(19-22-3)15-10-8-14(9-11-15)12-17(20)21-2/h4-11H,12H2,1-3H3/b19-18+. The fourth-order valence-corrected chi connectivity index (χ4v) is 1.99. The highest BCUT2D eigenvalue weighted by molar-refractivity contribution is 5.95. The Bertz CT molecular complexity index is 692. The fraction of sp³-hybridized carbons (Fsp3) is 0.222. The van der Waals surface area contributed by atoms with E-state index in [-0.39, 0.29) is 12.4 Å². The van der Waals surface area contributed by atoms with E-state index in [1.807, 2.05) is 55.5 Å². The number of carbonyl (C=O) groups is 1. The number of hydrogen-bond acceptors (Lipinski definition) is 5. The van der Waals surface area contributed by atoms with Crippen molar-refractivity contribution < 1.29 is 19.1 Å². The van der Waals surface area contributed by atoms with Crippen LogP contribution in [0.25, 0.3) is 0 Å². The quantitative estimate of drug-likeness (QED) is 0.368. The van der Waals surface area contributed by atoms with Crippen LogP contribution < -0.4 is 4.74 Å². The summed E-state index contributed by atoms with van der Waals surface area (Å²) in [5.41, 5.74) is 2.61. The van der Waals surface area contributed by atoms with Crippen LogP contribution in [-0.4, -0.2) is 26.1 Å². The summed E-state index contributed by atoms with van der Waals surface area (Å²) in [7, 11) is 2.84. The Labute approximate surface area is 135 Å². The molecule has 0 radical (unpaired) electrons. The molecule has 0 atom stereocenters. The summed E-state index contributed by atoms with van der Waals surface area (Å²) in [5, 5.41) is 3.94. The molecule has 0 saturated carbocycles. The van der Waals surface area contributed by atoms with E-state index >= 15 is 0 Å². The summed E-state index contributed by atoms with van der Waals surface area (Å²) in [4.78, 5) is 16.2. The number of ether oxygens (including phenoxy) is 2. The number of aryl methyl sites for hydroxylation is 1. The highest BCUT2D eigenvalue weighted by atomic mass is 16.6. The van der Waals surface area contributed by atoms with Crippen LogP contribution in [0.15, 0.2) is 53.7 Å². The second-order valence-electron chi connectivity index (χ2n) is 4.90. The van der Waals surface area contributed by atoms with Crippen molar-refractivity contribution in [2.24, 2.45) is 5.16 Å². The highest BCUT2D eigenvalue weighted by Crippen LogP contribution is 2.19. The first-order valence-electron chi connectivity index (χ1n) is 7.14. The lowest BCUT2D eigenvalue weighted by atomic mass is 10.1. The van der Waals surface area contributed by atoms with Crippen molar-refractivity contribution >= 4 is 11.9 Å². The number of rotatable bonds is 5. The maximum Gasteiger partial charge on any atom is 0.309 e. The Kier molecular flexibility index (Phi) is 5.74. The summed E-state index contributed by atoms with van der Waals surface area (Å²) in [6, 6.07) is 15.0. The zero-order valence-corrected chi connectivity index (χ0v) is 13.4. The smallest absolute Gasteiger partial charge is 0.309 e. The molecule has 0 spiro atoms. The first kappa shape index (κ1) is 16.5. The van der Waals surface area contributed by atoms with Crippen molar-refractivity contribution in [2.45, 2.75) is 13.3 Å². The summed E-state index contributed by atoms with van der Waals surface area (Å²) < 4.78 is 10.5. The number of carbonyl (C=O) groups excluding carboxylic acids is 1. The van der Waals surface area contributed by atoms with Crippen molar-refractivity contribution in [3.63, 3.8) is 0 Å².